The monoisotopic (exact) mass is 386 g/mol. The summed E-state index contributed by atoms with van der Waals surface area (Å²) in [7, 11) is 5.74. The second kappa shape index (κ2) is 8.11. The van der Waals surface area contributed by atoms with Crippen LogP contribution in [0.4, 0.5) is 10.5 Å². The number of rotatable bonds is 2. The zero-order valence-electron chi connectivity index (χ0n) is 17.9. The third-order valence-corrected chi connectivity index (χ3v) is 6.55. The number of urea groups is 1. The van der Waals surface area contributed by atoms with Gasteiger partial charge >= 0.3 is 6.03 Å². The molecule has 0 saturated carbocycles. The van der Waals surface area contributed by atoms with Crippen molar-refractivity contribution in [3.8, 4) is 0 Å². The molecule has 1 aromatic carbocycles. The highest BCUT2D eigenvalue weighted by atomic mass is 16.2. The lowest BCUT2D eigenvalue weighted by molar-refractivity contribution is -0.144. The summed E-state index contributed by atoms with van der Waals surface area (Å²) in [5, 5.41) is 3.06. The van der Waals surface area contributed by atoms with Gasteiger partial charge in [-0.1, -0.05) is 17.7 Å². The van der Waals surface area contributed by atoms with Crippen molar-refractivity contribution in [3.63, 3.8) is 0 Å². The van der Waals surface area contributed by atoms with Crippen LogP contribution in [0.1, 0.15) is 36.8 Å². The fraction of sp³-hybridized carbons (Fsp3) is 0.636. The third-order valence-electron chi connectivity index (χ3n) is 6.55. The lowest BCUT2D eigenvalue weighted by atomic mass is 9.66. The Kier molecular flexibility index (Phi) is 5.98. The van der Waals surface area contributed by atoms with E-state index in [2.05, 4.69) is 30.3 Å². The van der Waals surface area contributed by atoms with Gasteiger partial charge in [-0.2, -0.15) is 0 Å². The number of amides is 3. The first-order chi connectivity index (χ1) is 13.2. The third kappa shape index (κ3) is 4.02. The van der Waals surface area contributed by atoms with Crippen molar-refractivity contribution in [1.29, 1.82) is 0 Å². The zero-order chi connectivity index (χ0) is 20.5. The first-order valence-electron chi connectivity index (χ1n) is 10.3. The van der Waals surface area contributed by atoms with Gasteiger partial charge in [-0.3, -0.25) is 9.69 Å². The molecule has 1 spiro atoms. The average molecular weight is 387 g/mol. The largest absolute Gasteiger partial charge is 0.347 e. The van der Waals surface area contributed by atoms with Gasteiger partial charge in [0.05, 0.1) is 6.04 Å². The van der Waals surface area contributed by atoms with E-state index in [1.165, 1.54) is 5.56 Å². The average Bonchev–Trinajstić information content (AvgIpc) is 2.64. The molecule has 3 rings (SSSR count). The van der Waals surface area contributed by atoms with Gasteiger partial charge in [-0.25, -0.2) is 4.79 Å². The number of likely N-dealkylation sites (tertiary alicyclic amines) is 2. The van der Waals surface area contributed by atoms with E-state index in [0.29, 0.717) is 13.1 Å². The standard InChI is InChI=1S/C22H34N4O2/c1-16-7-8-18(17(2)15-16)23-21(28)26-13-10-22(11-14-26)9-6-12-25(5)19(22)20(27)24(3)4/h7-8,15,19H,6,9-14H2,1-5H3,(H,23,28). The van der Waals surface area contributed by atoms with E-state index < -0.39 is 0 Å². The Hall–Kier alpha value is -2.08. The first-order valence-corrected chi connectivity index (χ1v) is 10.3. The Balaban J connectivity index is 1.68. The Morgan fingerprint density at radius 3 is 2.39 bits per heavy atom. The predicted molar refractivity (Wildman–Crippen MR) is 113 cm³/mol. The van der Waals surface area contributed by atoms with Gasteiger partial charge in [-0.15, -0.1) is 0 Å². The molecule has 3 amide bonds. The van der Waals surface area contributed by atoms with E-state index in [9.17, 15) is 9.59 Å². The van der Waals surface area contributed by atoms with Gasteiger partial charge in [0.15, 0.2) is 0 Å². The fourth-order valence-electron chi connectivity index (χ4n) is 4.94. The summed E-state index contributed by atoms with van der Waals surface area (Å²) in [5.41, 5.74) is 3.11. The van der Waals surface area contributed by atoms with Crippen LogP contribution in [-0.4, -0.2) is 73.5 Å². The minimum absolute atomic E-state index is 0.0229. The number of benzene rings is 1. The molecule has 0 aliphatic carbocycles. The maximum Gasteiger partial charge on any atom is 0.321 e. The van der Waals surface area contributed by atoms with Gasteiger partial charge in [0.25, 0.3) is 0 Å². The number of hydrogen-bond donors (Lipinski definition) is 1. The van der Waals surface area contributed by atoms with E-state index in [1.807, 2.05) is 38.1 Å². The second-order valence-electron chi connectivity index (χ2n) is 8.82. The Bertz CT molecular complexity index is 738. The molecule has 0 radical (unpaired) electrons. The number of anilines is 1. The normalized spacial score (nSPS) is 22.2. The molecule has 2 heterocycles. The SMILES string of the molecule is Cc1ccc(NC(=O)N2CCC3(CCCN(C)C3C(=O)N(C)C)CC2)c(C)c1. The summed E-state index contributed by atoms with van der Waals surface area (Å²) < 4.78 is 0. The number of likely N-dealkylation sites (N-methyl/N-ethyl adjacent to an activating group) is 2. The van der Waals surface area contributed by atoms with E-state index in [1.54, 1.807) is 4.90 Å². The molecule has 2 fully saturated rings. The number of nitrogens with zero attached hydrogens (tertiary/aromatic N) is 3. The lowest BCUT2D eigenvalue weighted by Crippen LogP contribution is -2.61. The number of hydrogen-bond acceptors (Lipinski definition) is 3. The van der Waals surface area contributed by atoms with E-state index in [-0.39, 0.29) is 23.4 Å². The van der Waals surface area contributed by atoms with Crippen LogP contribution in [-0.2, 0) is 4.79 Å². The van der Waals surface area contributed by atoms with E-state index in [4.69, 9.17) is 0 Å². The Morgan fingerprint density at radius 1 is 1.11 bits per heavy atom. The summed E-state index contributed by atoms with van der Waals surface area (Å²) in [6, 6.07) is 5.94. The maximum atomic E-state index is 12.9. The second-order valence-corrected chi connectivity index (χ2v) is 8.82. The van der Waals surface area contributed by atoms with Crippen molar-refractivity contribution in [2.24, 2.45) is 5.41 Å². The molecule has 6 nitrogen and oxygen atoms in total. The molecule has 0 bridgehead atoms. The van der Waals surface area contributed by atoms with E-state index >= 15 is 0 Å². The maximum absolute atomic E-state index is 12.9. The number of aryl methyl sites for hydroxylation is 2. The molecule has 154 valence electrons. The van der Waals surface area contributed by atoms with Crippen LogP contribution in [0, 0.1) is 19.3 Å². The van der Waals surface area contributed by atoms with Crippen LogP contribution in [0.2, 0.25) is 0 Å². The lowest BCUT2D eigenvalue weighted by Gasteiger charge is -2.52. The molecular weight excluding hydrogens is 352 g/mol. The van der Waals surface area contributed by atoms with Gasteiger partial charge < -0.3 is 15.1 Å². The van der Waals surface area contributed by atoms with Crippen molar-refractivity contribution in [2.75, 3.05) is 46.1 Å². The Labute approximate surface area is 168 Å². The number of piperidine rings is 2. The van der Waals surface area contributed by atoms with Crippen LogP contribution < -0.4 is 5.32 Å². The smallest absolute Gasteiger partial charge is 0.321 e. The van der Waals surface area contributed by atoms with Crippen LogP contribution in [0.3, 0.4) is 0 Å². The molecule has 1 unspecified atom stereocenters. The zero-order valence-corrected chi connectivity index (χ0v) is 17.9. The van der Waals surface area contributed by atoms with Crippen molar-refractivity contribution in [1.82, 2.24) is 14.7 Å². The highest BCUT2D eigenvalue weighted by molar-refractivity contribution is 5.90. The quantitative estimate of drug-likeness (QED) is 0.850. The molecule has 1 N–H and O–H groups in total. The van der Waals surface area contributed by atoms with Crippen LogP contribution in [0.25, 0.3) is 0 Å². The minimum atomic E-state index is -0.0826. The van der Waals surface area contributed by atoms with Gasteiger partial charge in [0.1, 0.15) is 0 Å². The number of nitrogens with one attached hydrogen (secondary N) is 1. The van der Waals surface area contributed by atoms with Gasteiger partial charge in [0, 0.05) is 32.9 Å². The molecule has 2 saturated heterocycles. The van der Waals surface area contributed by atoms with Gasteiger partial charge in [-0.05, 0) is 70.2 Å². The molecule has 0 aromatic heterocycles. The first kappa shape index (κ1) is 20.6. The predicted octanol–water partition coefficient (Wildman–Crippen LogP) is 3.10. The molecule has 2 aliphatic rings. The fourth-order valence-corrected chi connectivity index (χ4v) is 4.94. The molecule has 1 atom stereocenters. The summed E-state index contributed by atoms with van der Waals surface area (Å²) in [6.07, 6.45) is 3.93. The van der Waals surface area contributed by atoms with Gasteiger partial charge in [0.2, 0.25) is 5.91 Å². The van der Waals surface area contributed by atoms with Crippen LogP contribution in [0.15, 0.2) is 18.2 Å². The summed E-state index contributed by atoms with van der Waals surface area (Å²) >= 11 is 0. The molecular formula is C22H34N4O2. The topological polar surface area (TPSA) is 55.9 Å². The van der Waals surface area contributed by atoms with Crippen molar-refractivity contribution < 1.29 is 9.59 Å². The van der Waals surface area contributed by atoms with Crippen molar-refractivity contribution >= 4 is 17.6 Å². The highest BCUT2D eigenvalue weighted by Gasteiger charge is 2.49. The minimum Gasteiger partial charge on any atom is -0.347 e. The number of carbonyl (C=O) groups is 2. The van der Waals surface area contributed by atoms with Crippen molar-refractivity contribution in [2.45, 2.75) is 45.6 Å². The summed E-state index contributed by atoms with van der Waals surface area (Å²) in [4.78, 5) is 31.5. The number of carbonyl (C=O) groups excluding carboxylic acids is 2. The Morgan fingerprint density at radius 2 is 1.79 bits per heavy atom. The molecule has 1 aromatic rings. The molecule has 6 heteroatoms. The van der Waals surface area contributed by atoms with Crippen LogP contribution in [0.5, 0.6) is 0 Å². The van der Waals surface area contributed by atoms with Crippen molar-refractivity contribution in [3.05, 3.63) is 29.3 Å². The summed E-state index contributed by atoms with van der Waals surface area (Å²) in [5.74, 6) is 0.190. The highest BCUT2D eigenvalue weighted by Crippen LogP contribution is 2.44. The summed E-state index contributed by atoms with van der Waals surface area (Å²) in [6.45, 7) is 6.42. The molecule has 2 aliphatic heterocycles. The van der Waals surface area contributed by atoms with E-state index in [0.717, 1.165) is 43.5 Å². The van der Waals surface area contributed by atoms with Crippen LogP contribution >= 0.6 is 0 Å². The molecule has 28 heavy (non-hydrogen) atoms.